The summed E-state index contributed by atoms with van der Waals surface area (Å²) in [4.78, 5) is 0. The Bertz CT molecular complexity index is 272. The van der Waals surface area contributed by atoms with Gasteiger partial charge in [-0.05, 0) is 18.6 Å². The molecule has 0 aliphatic heterocycles. The van der Waals surface area contributed by atoms with Gasteiger partial charge in [-0.15, -0.1) is 5.10 Å². The Labute approximate surface area is 71.2 Å². The lowest BCUT2D eigenvalue weighted by molar-refractivity contribution is 0.919. The van der Waals surface area contributed by atoms with E-state index in [0.717, 1.165) is 12.1 Å². The first-order valence-corrected chi connectivity index (χ1v) is 3.80. The molecule has 1 rings (SSSR count). The van der Waals surface area contributed by atoms with Crippen molar-refractivity contribution in [3.05, 3.63) is 17.8 Å². The molecular weight excluding hydrogens is 152 g/mol. The molecule has 0 fully saturated rings. The SMILES string of the molecule is CCc1ccc(NCC#N)nn1. The molecule has 0 unspecified atom stereocenters. The minimum atomic E-state index is 0.264. The summed E-state index contributed by atoms with van der Waals surface area (Å²) in [7, 11) is 0. The first-order chi connectivity index (χ1) is 5.86. The predicted octanol–water partition coefficient (Wildman–Crippen LogP) is 0.974. The summed E-state index contributed by atoms with van der Waals surface area (Å²) in [6.45, 7) is 2.28. The maximum Gasteiger partial charge on any atom is 0.149 e. The first kappa shape index (κ1) is 8.47. The number of aromatic nitrogens is 2. The molecule has 0 spiro atoms. The van der Waals surface area contributed by atoms with Crippen molar-refractivity contribution in [2.45, 2.75) is 13.3 Å². The summed E-state index contributed by atoms with van der Waals surface area (Å²) >= 11 is 0. The zero-order chi connectivity index (χ0) is 8.81. The number of anilines is 1. The van der Waals surface area contributed by atoms with Crippen LogP contribution < -0.4 is 5.32 Å². The van der Waals surface area contributed by atoms with Crippen molar-refractivity contribution < 1.29 is 0 Å². The van der Waals surface area contributed by atoms with Gasteiger partial charge < -0.3 is 5.32 Å². The average Bonchev–Trinajstić information content (AvgIpc) is 2.15. The predicted molar refractivity (Wildman–Crippen MR) is 45.5 cm³/mol. The fraction of sp³-hybridized carbons (Fsp3) is 0.375. The largest absolute Gasteiger partial charge is 0.356 e. The number of nitrogens with one attached hydrogen (secondary N) is 1. The quantitative estimate of drug-likeness (QED) is 0.673. The van der Waals surface area contributed by atoms with E-state index in [4.69, 9.17) is 5.26 Å². The van der Waals surface area contributed by atoms with Gasteiger partial charge in [0.25, 0.3) is 0 Å². The van der Waals surface area contributed by atoms with E-state index in [0.29, 0.717) is 5.82 Å². The molecule has 1 heterocycles. The van der Waals surface area contributed by atoms with Crippen LogP contribution in [0.1, 0.15) is 12.6 Å². The molecule has 1 aromatic heterocycles. The second-order valence-electron chi connectivity index (χ2n) is 2.28. The van der Waals surface area contributed by atoms with Gasteiger partial charge in [0, 0.05) is 0 Å². The van der Waals surface area contributed by atoms with Gasteiger partial charge in [-0.1, -0.05) is 6.92 Å². The molecule has 0 amide bonds. The molecule has 4 nitrogen and oxygen atoms in total. The van der Waals surface area contributed by atoms with Gasteiger partial charge in [0.05, 0.1) is 11.8 Å². The third-order valence-electron chi connectivity index (χ3n) is 1.43. The highest BCUT2D eigenvalue weighted by Gasteiger charge is 1.93. The van der Waals surface area contributed by atoms with Gasteiger partial charge in [0.15, 0.2) is 0 Å². The van der Waals surface area contributed by atoms with E-state index in [1.807, 2.05) is 25.1 Å². The third-order valence-corrected chi connectivity index (χ3v) is 1.43. The minimum absolute atomic E-state index is 0.264. The number of hydrogen-bond donors (Lipinski definition) is 1. The summed E-state index contributed by atoms with van der Waals surface area (Å²) in [5.74, 6) is 0.647. The van der Waals surface area contributed by atoms with Crippen LogP contribution in [0.2, 0.25) is 0 Å². The lowest BCUT2D eigenvalue weighted by Crippen LogP contribution is -2.02. The number of hydrogen-bond acceptors (Lipinski definition) is 4. The summed E-state index contributed by atoms with van der Waals surface area (Å²) < 4.78 is 0. The number of nitriles is 1. The lowest BCUT2D eigenvalue weighted by Gasteiger charge is -1.99. The second kappa shape index (κ2) is 4.29. The molecule has 62 valence electrons. The minimum Gasteiger partial charge on any atom is -0.356 e. The fourth-order valence-corrected chi connectivity index (χ4v) is 0.773. The number of aryl methyl sites for hydroxylation is 1. The van der Waals surface area contributed by atoms with Crippen LogP contribution in [0.15, 0.2) is 12.1 Å². The zero-order valence-corrected chi connectivity index (χ0v) is 6.91. The molecule has 0 radical (unpaired) electrons. The maximum atomic E-state index is 8.27. The van der Waals surface area contributed by atoms with E-state index in [2.05, 4.69) is 15.5 Å². The Morgan fingerprint density at radius 2 is 2.33 bits per heavy atom. The van der Waals surface area contributed by atoms with Gasteiger partial charge in [0.2, 0.25) is 0 Å². The summed E-state index contributed by atoms with van der Waals surface area (Å²) in [6, 6.07) is 5.68. The van der Waals surface area contributed by atoms with Crippen molar-refractivity contribution in [3.63, 3.8) is 0 Å². The monoisotopic (exact) mass is 162 g/mol. The zero-order valence-electron chi connectivity index (χ0n) is 6.91. The highest BCUT2D eigenvalue weighted by atomic mass is 15.2. The Morgan fingerprint density at radius 3 is 2.83 bits per heavy atom. The highest BCUT2D eigenvalue weighted by molar-refractivity contribution is 5.33. The fourth-order valence-electron chi connectivity index (χ4n) is 0.773. The van der Waals surface area contributed by atoms with E-state index in [-0.39, 0.29) is 6.54 Å². The Hall–Kier alpha value is -1.63. The van der Waals surface area contributed by atoms with Crippen molar-refractivity contribution >= 4 is 5.82 Å². The molecule has 4 heteroatoms. The molecular formula is C8H10N4. The van der Waals surface area contributed by atoms with Crippen molar-refractivity contribution in [1.82, 2.24) is 10.2 Å². The summed E-state index contributed by atoms with van der Waals surface area (Å²) in [6.07, 6.45) is 0.880. The summed E-state index contributed by atoms with van der Waals surface area (Å²) in [5, 5.41) is 18.9. The Kier molecular flexibility index (Phi) is 3.03. The number of rotatable bonds is 3. The molecule has 0 aliphatic rings. The van der Waals surface area contributed by atoms with Gasteiger partial charge >= 0.3 is 0 Å². The average molecular weight is 162 g/mol. The van der Waals surface area contributed by atoms with Crippen LogP contribution in [0.3, 0.4) is 0 Å². The van der Waals surface area contributed by atoms with E-state index in [9.17, 15) is 0 Å². The maximum absolute atomic E-state index is 8.27. The van der Waals surface area contributed by atoms with Crippen molar-refractivity contribution in [2.24, 2.45) is 0 Å². The molecule has 1 N–H and O–H groups in total. The standard InChI is InChI=1S/C8H10N4/c1-2-7-3-4-8(12-11-7)10-6-5-9/h3-4H,2,6H2,1H3,(H,10,12). The molecule has 1 aromatic rings. The second-order valence-corrected chi connectivity index (χ2v) is 2.28. The third kappa shape index (κ3) is 2.20. The highest BCUT2D eigenvalue weighted by Crippen LogP contribution is 2.00. The van der Waals surface area contributed by atoms with E-state index in [1.165, 1.54) is 0 Å². The molecule has 0 bridgehead atoms. The lowest BCUT2D eigenvalue weighted by atomic mass is 10.3. The van der Waals surface area contributed by atoms with Crippen molar-refractivity contribution in [3.8, 4) is 6.07 Å². The van der Waals surface area contributed by atoms with E-state index in [1.54, 1.807) is 0 Å². The van der Waals surface area contributed by atoms with Crippen LogP contribution in [0.4, 0.5) is 5.82 Å². The first-order valence-electron chi connectivity index (χ1n) is 3.80. The van der Waals surface area contributed by atoms with Crippen LogP contribution in [-0.2, 0) is 6.42 Å². The van der Waals surface area contributed by atoms with Gasteiger partial charge in [-0.2, -0.15) is 10.4 Å². The number of nitrogens with zero attached hydrogens (tertiary/aromatic N) is 3. The van der Waals surface area contributed by atoms with Gasteiger partial charge in [-0.3, -0.25) is 0 Å². The molecule has 0 aliphatic carbocycles. The van der Waals surface area contributed by atoms with Crippen LogP contribution in [0.5, 0.6) is 0 Å². The van der Waals surface area contributed by atoms with Gasteiger partial charge in [-0.25, -0.2) is 0 Å². The van der Waals surface area contributed by atoms with Crippen LogP contribution in [0.25, 0.3) is 0 Å². The topological polar surface area (TPSA) is 61.6 Å². The smallest absolute Gasteiger partial charge is 0.149 e. The molecule has 0 saturated heterocycles. The summed E-state index contributed by atoms with van der Waals surface area (Å²) in [5.41, 5.74) is 0.956. The van der Waals surface area contributed by atoms with E-state index >= 15 is 0 Å². The van der Waals surface area contributed by atoms with Crippen LogP contribution in [-0.4, -0.2) is 16.7 Å². The van der Waals surface area contributed by atoms with Crippen LogP contribution in [0, 0.1) is 11.3 Å². The van der Waals surface area contributed by atoms with Crippen molar-refractivity contribution in [2.75, 3.05) is 11.9 Å². The normalized spacial score (nSPS) is 9.00. The molecule has 0 atom stereocenters. The Balaban J connectivity index is 2.60. The molecule has 0 saturated carbocycles. The van der Waals surface area contributed by atoms with Crippen molar-refractivity contribution in [1.29, 1.82) is 5.26 Å². The Morgan fingerprint density at radius 1 is 1.50 bits per heavy atom. The van der Waals surface area contributed by atoms with Crippen LogP contribution >= 0.6 is 0 Å². The molecule has 0 aromatic carbocycles. The van der Waals surface area contributed by atoms with E-state index < -0.39 is 0 Å². The van der Waals surface area contributed by atoms with Gasteiger partial charge in [0.1, 0.15) is 12.4 Å². The molecule has 12 heavy (non-hydrogen) atoms.